The highest BCUT2D eigenvalue weighted by atomic mass is 16.5. The van der Waals surface area contributed by atoms with Gasteiger partial charge in [-0.25, -0.2) is 4.68 Å². The van der Waals surface area contributed by atoms with E-state index in [1.165, 1.54) is 12.0 Å². The van der Waals surface area contributed by atoms with Gasteiger partial charge in [0.2, 0.25) is 0 Å². The van der Waals surface area contributed by atoms with Crippen LogP contribution in [0.5, 0.6) is 5.75 Å². The lowest BCUT2D eigenvalue weighted by Crippen LogP contribution is -2.41. The Morgan fingerprint density at radius 2 is 1.94 bits per heavy atom. The summed E-state index contributed by atoms with van der Waals surface area (Å²) in [7, 11) is 1.66. The number of ether oxygens (including phenoxy) is 1. The molecule has 0 bridgehead atoms. The van der Waals surface area contributed by atoms with Gasteiger partial charge in [0.15, 0.2) is 5.82 Å². The van der Waals surface area contributed by atoms with Crippen molar-refractivity contribution in [3.05, 3.63) is 81.4 Å². The summed E-state index contributed by atoms with van der Waals surface area (Å²) < 4.78 is 7.10. The molecule has 182 valence electrons. The maximum Gasteiger partial charge on any atom is 0.253 e. The van der Waals surface area contributed by atoms with Crippen LogP contribution in [0.15, 0.2) is 53.3 Å². The van der Waals surface area contributed by atoms with Crippen LogP contribution in [-0.4, -0.2) is 50.3 Å². The number of hydrogen-bond donors (Lipinski definition) is 1. The van der Waals surface area contributed by atoms with Gasteiger partial charge >= 0.3 is 0 Å². The van der Waals surface area contributed by atoms with Gasteiger partial charge in [0, 0.05) is 17.6 Å². The van der Waals surface area contributed by atoms with Crippen molar-refractivity contribution >= 4 is 10.9 Å². The van der Waals surface area contributed by atoms with Crippen LogP contribution in [0.3, 0.4) is 0 Å². The zero-order valence-electron chi connectivity index (χ0n) is 20.6. The maximum absolute atomic E-state index is 13.4. The second-order valence-corrected chi connectivity index (χ2v) is 9.52. The van der Waals surface area contributed by atoms with Gasteiger partial charge in [-0.3, -0.25) is 9.69 Å². The number of aromatic amines is 1. The van der Waals surface area contributed by atoms with Gasteiger partial charge in [0.25, 0.3) is 5.56 Å². The topological polar surface area (TPSA) is 88.9 Å². The molecule has 1 aliphatic rings. The number of likely N-dealkylation sites (tertiary alicyclic amines) is 1. The number of hydrogen-bond acceptors (Lipinski definition) is 6. The summed E-state index contributed by atoms with van der Waals surface area (Å²) in [5.41, 5.74) is 3.74. The number of methoxy groups -OCH3 is 1. The normalized spacial score (nSPS) is 17.5. The molecule has 4 aromatic rings. The third-order valence-corrected chi connectivity index (χ3v) is 6.99. The molecule has 1 saturated heterocycles. The Bertz CT molecular complexity index is 1360. The number of H-pyrrole nitrogens is 1. The summed E-state index contributed by atoms with van der Waals surface area (Å²) in [4.78, 5) is 18.9. The largest absolute Gasteiger partial charge is 0.497 e. The molecule has 0 saturated carbocycles. The first kappa shape index (κ1) is 23.2. The van der Waals surface area contributed by atoms with Crippen LogP contribution in [0.2, 0.25) is 0 Å². The first-order valence-electron chi connectivity index (χ1n) is 12.3. The Labute approximate surface area is 204 Å². The fourth-order valence-corrected chi connectivity index (χ4v) is 5.08. The van der Waals surface area contributed by atoms with E-state index < -0.39 is 0 Å². The van der Waals surface area contributed by atoms with E-state index in [2.05, 4.69) is 51.4 Å². The molecule has 0 radical (unpaired) electrons. The molecule has 2 atom stereocenters. The first-order valence-corrected chi connectivity index (χ1v) is 12.3. The third kappa shape index (κ3) is 4.84. The molecular formula is C27H32N6O2. The number of nitrogens with one attached hydrogen (secondary N) is 1. The fraction of sp³-hybridized carbons (Fsp3) is 0.407. The molecule has 0 aliphatic carbocycles. The van der Waals surface area contributed by atoms with Crippen LogP contribution in [0.1, 0.15) is 55.2 Å². The predicted molar refractivity (Wildman–Crippen MR) is 136 cm³/mol. The highest BCUT2D eigenvalue weighted by Crippen LogP contribution is 2.31. The van der Waals surface area contributed by atoms with Crippen molar-refractivity contribution in [2.75, 3.05) is 20.2 Å². The molecule has 1 N–H and O–H groups in total. The number of aromatic nitrogens is 5. The summed E-state index contributed by atoms with van der Waals surface area (Å²) in [6, 6.07) is 15.8. The van der Waals surface area contributed by atoms with Crippen LogP contribution in [0.4, 0.5) is 0 Å². The summed E-state index contributed by atoms with van der Waals surface area (Å²) in [5, 5.41) is 13.8. The van der Waals surface area contributed by atoms with Gasteiger partial charge in [-0.2, -0.15) is 0 Å². The van der Waals surface area contributed by atoms with Crippen molar-refractivity contribution < 1.29 is 4.74 Å². The Morgan fingerprint density at radius 1 is 1.14 bits per heavy atom. The molecular weight excluding hydrogens is 440 g/mol. The molecule has 35 heavy (non-hydrogen) atoms. The van der Waals surface area contributed by atoms with Gasteiger partial charge in [-0.05, 0) is 89.0 Å². The number of rotatable bonds is 7. The third-order valence-electron chi connectivity index (χ3n) is 6.99. The molecule has 2 unspecified atom stereocenters. The zero-order valence-corrected chi connectivity index (χ0v) is 20.6. The highest BCUT2D eigenvalue weighted by Gasteiger charge is 2.32. The number of benzene rings is 2. The van der Waals surface area contributed by atoms with Crippen molar-refractivity contribution in [1.82, 2.24) is 30.1 Å². The minimum Gasteiger partial charge on any atom is -0.497 e. The Kier molecular flexibility index (Phi) is 6.63. The summed E-state index contributed by atoms with van der Waals surface area (Å²) >= 11 is 0. The second kappa shape index (κ2) is 10.00. The molecule has 0 amide bonds. The van der Waals surface area contributed by atoms with E-state index in [1.54, 1.807) is 7.11 Å². The van der Waals surface area contributed by atoms with Crippen molar-refractivity contribution in [2.45, 2.75) is 45.7 Å². The van der Waals surface area contributed by atoms with E-state index in [-0.39, 0.29) is 11.6 Å². The Hall–Kier alpha value is -3.52. The maximum atomic E-state index is 13.4. The Balaban J connectivity index is 1.59. The molecule has 8 heteroatoms. The SMILES string of the molecule is CCc1ccc2[nH]c(=O)c(C(c3nnnn3Cc3ccc(OC)cc3)N3CCCC(C)C3)cc2c1. The quantitative estimate of drug-likeness (QED) is 0.438. The minimum absolute atomic E-state index is 0.0935. The minimum atomic E-state index is -0.329. The van der Waals surface area contributed by atoms with Crippen LogP contribution in [0.25, 0.3) is 10.9 Å². The molecule has 1 aliphatic heterocycles. The lowest BCUT2D eigenvalue weighted by Gasteiger charge is -2.36. The van der Waals surface area contributed by atoms with Crippen molar-refractivity contribution in [2.24, 2.45) is 5.92 Å². The van der Waals surface area contributed by atoms with Gasteiger partial charge < -0.3 is 9.72 Å². The van der Waals surface area contributed by atoms with Crippen LogP contribution in [-0.2, 0) is 13.0 Å². The molecule has 2 aromatic heterocycles. The average Bonchev–Trinajstić information content (AvgIpc) is 3.32. The average molecular weight is 473 g/mol. The zero-order chi connectivity index (χ0) is 24.4. The van der Waals surface area contributed by atoms with Crippen LogP contribution < -0.4 is 10.3 Å². The van der Waals surface area contributed by atoms with Gasteiger partial charge in [-0.1, -0.05) is 32.0 Å². The van der Waals surface area contributed by atoms with E-state index in [1.807, 2.05) is 41.1 Å². The summed E-state index contributed by atoms with van der Waals surface area (Å²) in [6.45, 7) is 6.71. The number of aryl methyl sites for hydroxylation is 1. The van der Waals surface area contributed by atoms with Gasteiger partial charge in [-0.15, -0.1) is 5.10 Å². The number of piperidine rings is 1. The molecule has 8 nitrogen and oxygen atoms in total. The van der Waals surface area contributed by atoms with Gasteiger partial charge in [0.05, 0.1) is 13.7 Å². The van der Waals surface area contributed by atoms with Gasteiger partial charge in [0.1, 0.15) is 11.8 Å². The van der Waals surface area contributed by atoms with Crippen molar-refractivity contribution in [1.29, 1.82) is 0 Å². The first-order chi connectivity index (χ1) is 17.1. The molecule has 2 aromatic carbocycles. The lowest BCUT2D eigenvalue weighted by molar-refractivity contribution is 0.141. The number of fused-ring (bicyclic) bond motifs is 1. The number of tetrazole rings is 1. The fourth-order valence-electron chi connectivity index (χ4n) is 5.08. The second-order valence-electron chi connectivity index (χ2n) is 9.52. The van der Waals surface area contributed by atoms with Crippen molar-refractivity contribution in [3.63, 3.8) is 0 Å². The van der Waals surface area contributed by atoms with Crippen molar-refractivity contribution in [3.8, 4) is 5.75 Å². The van der Waals surface area contributed by atoms with E-state index in [9.17, 15) is 4.79 Å². The molecule has 3 heterocycles. The summed E-state index contributed by atoms with van der Waals surface area (Å²) in [6.07, 6.45) is 3.22. The number of pyridine rings is 1. The standard InChI is InChI=1S/C27H32N6O2/c1-4-19-9-12-24-21(14-19)15-23(27(34)28-24)25(32-13-5-6-18(2)16-32)26-29-30-31-33(26)17-20-7-10-22(35-3)11-8-20/h7-12,14-15,18,25H,4-6,13,16-17H2,1-3H3,(H,28,34). The van der Waals surface area contributed by atoms with Crippen LogP contribution >= 0.6 is 0 Å². The monoisotopic (exact) mass is 472 g/mol. The van der Waals surface area contributed by atoms with E-state index >= 15 is 0 Å². The van der Waals surface area contributed by atoms with E-state index in [4.69, 9.17) is 4.74 Å². The molecule has 0 spiro atoms. The molecule has 5 rings (SSSR count). The smallest absolute Gasteiger partial charge is 0.253 e. The lowest BCUT2D eigenvalue weighted by atomic mass is 9.95. The van der Waals surface area contributed by atoms with E-state index in [0.29, 0.717) is 23.9 Å². The van der Waals surface area contributed by atoms with E-state index in [0.717, 1.165) is 48.1 Å². The highest BCUT2D eigenvalue weighted by molar-refractivity contribution is 5.80. The number of nitrogens with zero attached hydrogens (tertiary/aromatic N) is 5. The van der Waals surface area contributed by atoms with Crippen LogP contribution in [0, 0.1) is 5.92 Å². The molecule has 1 fully saturated rings. The predicted octanol–water partition coefficient (Wildman–Crippen LogP) is 3.96. The summed E-state index contributed by atoms with van der Waals surface area (Å²) in [5.74, 6) is 2.04. The Morgan fingerprint density at radius 3 is 2.69 bits per heavy atom.